The van der Waals surface area contributed by atoms with Crippen LogP contribution in [0.1, 0.15) is 40.0 Å². The second kappa shape index (κ2) is 42.7. The molecule has 0 heterocycles. The number of carbonyl (C=O) groups is 2. The number of ether oxygens (including phenoxy) is 14. The van der Waals surface area contributed by atoms with E-state index in [-0.39, 0.29) is 48.2 Å². The van der Waals surface area contributed by atoms with Gasteiger partial charge in [0.15, 0.2) is 15.6 Å². The predicted octanol–water partition coefficient (Wildman–Crippen LogP) is 2.26. The quantitative estimate of drug-likeness (QED) is 0.0732. The number of benzene rings is 1. The first-order valence-corrected chi connectivity index (χ1v) is 23.1. The molecule has 1 atom stereocenters. The number of carboxylic acid groups (broad SMARTS) is 1. The van der Waals surface area contributed by atoms with Gasteiger partial charge < -0.3 is 71.4 Å². The van der Waals surface area contributed by atoms with Gasteiger partial charge >= 0.3 is 5.97 Å². The Bertz CT molecular complexity index is 1270. The molecule has 0 aromatic heterocycles. The van der Waals surface area contributed by atoms with Gasteiger partial charge in [-0.2, -0.15) is 0 Å². The van der Waals surface area contributed by atoms with Crippen molar-refractivity contribution in [3.8, 4) is 0 Å². The van der Waals surface area contributed by atoms with Gasteiger partial charge in [0, 0.05) is 32.3 Å². The number of hydrogen-bond donors (Lipinski definition) is 1. The minimum absolute atomic E-state index is 0.0340. The Balaban J connectivity index is 2.19. The molecule has 19 nitrogen and oxygen atoms in total. The van der Waals surface area contributed by atoms with Crippen molar-refractivity contribution in [3.63, 3.8) is 0 Å². The fourth-order valence-corrected chi connectivity index (χ4v) is 6.63. The van der Waals surface area contributed by atoms with Crippen LogP contribution < -0.4 is 0 Å². The molecule has 1 aromatic carbocycles. The van der Waals surface area contributed by atoms with Crippen molar-refractivity contribution in [2.45, 2.75) is 19.3 Å². The summed E-state index contributed by atoms with van der Waals surface area (Å²) >= 11 is 0. The zero-order valence-corrected chi connectivity index (χ0v) is 37.8. The average molecular weight is 915 g/mol. The Morgan fingerprint density at radius 1 is 0.435 bits per heavy atom. The van der Waals surface area contributed by atoms with Gasteiger partial charge in [0.05, 0.1) is 182 Å². The zero-order valence-electron chi connectivity index (χ0n) is 37.0. The first kappa shape index (κ1) is 57.8. The maximum absolute atomic E-state index is 13.4. The molecule has 0 aliphatic heterocycles. The molecular formula is C42H74O19S. The molecule has 0 fully saturated rings. The fraction of sp³-hybridized carbons (Fsp3) is 0.810. The van der Waals surface area contributed by atoms with Gasteiger partial charge in [-0.1, -0.05) is 18.6 Å². The first-order valence-electron chi connectivity index (χ1n) is 21.3. The van der Waals surface area contributed by atoms with Gasteiger partial charge in [-0.05, 0) is 25.0 Å². The van der Waals surface area contributed by atoms with Crippen LogP contribution in [0.5, 0.6) is 0 Å². The molecule has 362 valence electrons. The van der Waals surface area contributed by atoms with E-state index >= 15 is 0 Å². The van der Waals surface area contributed by atoms with Gasteiger partial charge in [0.2, 0.25) is 0 Å². The van der Waals surface area contributed by atoms with Crippen LogP contribution in [0.3, 0.4) is 0 Å². The van der Waals surface area contributed by atoms with Crippen LogP contribution in [0.2, 0.25) is 0 Å². The van der Waals surface area contributed by atoms with Gasteiger partial charge in [-0.15, -0.1) is 0 Å². The van der Waals surface area contributed by atoms with E-state index < -0.39 is 21.7 Å². The summed E-state index contributed by atoms with van der Waals surface area (Å²) in [6.07, 6.45) is 1.49. The van der Waals surface area contributed by atoms with E-state index in [1.807, 2.05) is 0 Å². The Morgan fingerprint density at radius 2 is 0.726 bits per heavy atom. The summed E-state index contributed by atoms with van der Waals surface area (Å²) in [6.45, 7) is 11.1. The van der Waals surface area contributed by atoms with Crippen LogP contribution in [0, 0.1) is 5.92 Å². The summed E-state index contributed by atoms with van der Waals surface area (Å²) in [5.74, 6) is -2.89. The van der Waals surface area contributed by atoms with E-state index in [0.717, 1.165) is 0 Å². The summed E-state index contributed by atoms with van der Waals surface area (Å²) in [7, 11) is -0.414. The summed E-state index contributed by atoms with van der Waals surface area (Å²) in [5, 5.41) is 9.23. The number of sulfone groups is 1. The highest BCUT2D eigenvalue weighted by molar-refractivity contribution is 7.91. The molecule has 0 radical (unpaired) electrons. The van der Waals surface area contributed by atoms with Crippen molar-refractivity contribution >= 4 is 21.6 Å². The smallest absolute Gasteiger partial charge is 0.335 e. The topological polar surface area (TPSA) is 218 Å². The molecule has 0 aliphatic rings. The van der Waals surface area contributed by atoms with Crippen molar-refractivity contribution in [1.29, 1.82) is 0 Å². The van der Waals surface area contributed by atoms with Crippen molar-refractivity contribution < 1.29 is 89.4 Å². The lowest BCUT2D eigenvalue weighted by atomic mass is 9.93. The van der Waals surface area contributed by atoms with E-state index in [4.69, 9.17) is 66.3 Å². The molecule has 1 aromatic rings. The highest BCUT2D eigenvalue weighted by Gasteiger charge is 2.26. The van der Waals surface area contributed by atoms with Crippen LogP contribution in [0.4, 0.5) is 0 Å². The first-order chi connectivity index (χ1) is 30.3. The molecule has 0 spiro atoms. The molecule has 1 unspecified atom stereocenters. The molecule has 62 heavy (non-hydrogen) atoms. The minimum atomic E-state index is -3.66. The Hall–Kier alpha value is -2.25. The van der Waals surface area contributed by atoms with Gasteiger partial charge in [0.1, 0.15) is 0 Å². The lowest BCUT2D eigenvalue weighted by molar-refractivity contribution is -0.0192. The molecular weight excluding hydrogens is 841 g/mol. The molecule has 0 bridgehead atoms. The number of methoxy groups -OCH3 is 2. The van der Waals surface area contributed by atoms with Crippen molar-refractivity contribution in [2.24, 2.45) is 5.92 Å². The van der Waals surface area contributed by atoms with E-state index in [2.05, 4.69) is 0 Å². The lowest BCUT2D eigenvalue weighted by Crippen LogP contribution is -2.27. The summed E-state index contributed by atoms with van der Waals surface area (Å²) in [6, 6.07) is 5.50. The second-order valence-corrected chi connectivity index (χ2v) is 15.6. The van der Waals surface area contributed by atoms with Crippen molar-refractivity contribution in [1.82, 2.24) is 0 Å². The van der Waals surface area contributed by atoms with Crippen molar-refractivity contribution in [3.05, 3.63) is 35.4 Å². The minimum Gasteiger partial charge on any atom is -0.478 e. The third-order valence-electron chi connectivity index (χ3n) is 8.46. The predicted molar refractivity (Wildman–Crippen MR) is 227 cm³/mol. The molecule has 0 saturated heterocycles. The maximum atomic E-state index is 13.4. The van der Waals surface area contributed by atoms with Gasteiger partial charge in [0.25, 0.3) is 0 Å². The van der Waals surface area contributed by atoms with Crippen molar-refractivity contribution in [2.75, 3.05) is 198 Å². The maximum Gasteiger partial charge on any atom is 0.335 e. The number of hydrogen-bond acceptors (Lipinski definition) is 18. The summed E-state index contributed by atoms with van der Waals surface area (Å²) in [4.78, 5) is 24.7. The monoisotopic (exact) mass is 914 g/mol. The normalized spacial score (nSPS) is 12.3. The number of unbranched alkanes of at least 4 members (excludes halogenated alkanes) is 1. The van der Waals surface area contributed by atoms with Crippen LogP contribution in [0.25, 0.3) is 0 Å². The number of carbonyl (C=O) groups excluding carboxylic acids is 1. The fourth-order valence-electron chi connectivity index (χ4n) is 5.16. The third kappa shape index (κ3) is 36.1. The lowest BCUT2D eigenvalue weighted by Gasteiger charge is -2.17. The summed E-state index contributed by atoms with van der Waals surface area (Å²) in [5.41, 5.74) is 0.291. The van der Waals surface area contributed by atoms with E-state index in [9.17, 15) is 23.1 Å². The number of aromatic carboxylic acids is 1. The van der Waals surface area contributed by atoms with Gasteiger partial charge in [-0.25, -0.2) is 13.2 Å². The van der Waals surface area contributed by atoms with Gasteiger partial charge in [-0.3, -0.25) is 4.79 Å². The number of ketones is 1. The average Bonchev–Trinajstić information content (AvgIpc) is 3.26. The van der Waals surface area contributed by atoms with E-state index in [1.54, 1.807) is 14.2 Å². The molecule has 20 heteroatoms. The Kier molecular flexibility index (Phi) is 39.8. The summed E-state index contributed by atoms with van der Waals surface area (Å²) < 4.78 is 101. The second-order valence-electron chi connectivity index (χ2n) is 13.4. The van der Waals surface area contributed by atoms with E-state index in [0.29, 0.717) is 171 Å². The third-order valence-corrected chi connectivity index (χ3v) is 10.2. The largest absolute Gasteiger partial charge is 0.478 e. The SMILES string of the molecule is COCCOCCOCCOCCOCCOCCOCCCCC(CS(=O)(=O)CCOCCOCCOCCOCCOCCOCCOC)C(=O)c1ccc(C(=O)O)cc1. The molecule has 1 N–H and O–H groups in total. The Morgan fingerprint density at radius 3 is 1.05 bits per heavy atom. The molecule has 1 rings (SSSR count). The highest BCUT2D eigenvalue weighted by Crippen LogP contribution is 2.19. The number of rotatable bonds is 49. The Labute approximate surface area is 368 Å². The van der Waals surface area contributed by atoms with Crippen LogP contribution >= 0.6 is 0 Å². The highest BCUT2D eigenvalue weighted by atomic mass is 32.2. The molecule has 0 saturated carbocycles. The molecule has 0 aliphatic carbocycles. The number of carboxylic acids is 1. The number of Topliss-reactive ketones (excluding diaryl/α,β-unsaturated/α-hetero) is 1. The van der Waals surface area contributed by atoms with Crippen LogP contribution in [0.15, 0.2) is 24.3 Å². The molecule has 0 amide bonds. The van der Waals surface area contributed by atoms with E-state index in [1.165, 1.54) is 24.3 Å². The standard InChI is InChI=1S/C42H74O19S/c1-48-11-13-51-17-19-54-23-25-57-28-27-56-22-21-53-16-15-50-10-4-3-5-40(41(43)38-6-8-39(9-7-38)42(44)45)37-62(46,47)36-35-61-34-33-60-32-31-59-30-29-58-26-24-55-20-18-52-14-12-49-2/h6-9,40H,3-5,10-37H2,1-2H3,(H,44,45). The zero-order chi connectivity index (χ0) is 45.0. The van der Waals surface area contributed by atoms with Crippen LogP contribution in [-0.2, 0) is 76.2 Å². The van der Waals surface area contributed by atoms with Crippen LogP contribution in [-0.4, -0.2) is 223 Å².